The quantitative estimate of drug-likeness (QED) is 0.638. The van der Waals surface area contributed by atoms with E-state index in [1.165, 1.54) is 6.42 Å². The molecule has 0 atom stereocenters. The van der Waals surface area contributed by atoms with Gasteiger partial charge in [0.15, 0.2) is 17.3 Å². The molecule has 3 N–H and O–H groups in total. The van der Waals surface area contributed by atoms with Crippen LogP contribution in [0.4, 0.5) is 5.69 Å². The van der Waals surface area contributed by atoms with Gasteiger partial charge in [-0.3, -0.25) is 9.89 Å². The van der Waals surface area contributed by atoms with E-state index in [0.29, 0.717) is 28.7 Å². The van der Waals surface area contributed by atoms with Gasteiger partial charge in [0.1, 0.15) is 5.69 Å². The fourth-order valence-electron chi connectivity index (χ4n) is 3.62. The molecule has 0 unspecified atom stereocenters. The maximum absolute atomic E-state index is 12.6. The number of methoxy groups -OCH3 is 2. The zero-order chi connectivity index (χ0) is 18.8. The summed E-state index contributed by atoms with van der Waals surface area (Å²) in [6, 6.07) is 3.64. The number of nitrogens with one attached hydrogen (secondary N) is 3. The molecule has 0 aliphatic heterocycles. The van der Waals surface area contributed by atoms with Gasteiger partial charge in [0.05, 0.1) is 37.1 Å². The molecule has 1 fully saturated rings. The van der Waals surface area contributed by atoms with Crippen LogP contribution in [0.1, 0.15) is 32.1 Å². The molecule has 142 valence electrons. The molecule has 27 heavy (non-hydrogen) atoms. The summed E-state index contributed by atoms with van der Waals surface area (Å²) in [5.41, 5.74) is 2.82. The van der Waals surface area contributed by atoms with Crippen molar-refractivity contribution in [2.24, 2.45) is 5.92 Å². The van der Waals surface area contributed by atoms with Gasteiger partial charge in [0.2, 0.25) is 5.91 Å². The van der Waals surface area contributed by atoms with Gasteiger partial charge in [0.25, 0.3) is 0 Å². The topological polar surface area (TPSA) is 105 Å². The van der Waals surface area contributed by atoms with E-state index in [1.54, 1.807) is 20.4 Å². The van der Waals surface area contributed by atoms with Crippen LogP contribution in [-0.4, -0.2) is 40.3 Å². The molecule has 0 radical (unpaired) electrons. The lowest BCUT2D eigenvalue weighted by Gasteiger charge is -2.20. The molecule has 0 saturated heterocycles. The average molecular weight is 369 g/mol. The van der Waals surface area contributed by atoms with E-state index < -0.39 is 0 Å². The second-order valence-corrected chi connectivity index (χ2v) is 6.79. The number of anilines is 1. The Morgan fingerprint density at radius 2 is 1.89 bits per heavy atom. The Labute approximate surface area is 156 Å². The highest BCUT2D eigenvalue weighted by molar-refractivity contribution is 5.96. The normalized spacial score (nSPS) is 15.0. The lowest BCUT2D eigenvalue weighted by molar-refractivity contribution is -0.120. The first kappa shape index (κ1) is 17.4. The van der Waals surface area contributed by atoms with E-state index in [1.807, 2.05) is 12.1 Å². The largest absolute Gasteiger partial charge is 0.493 e. The third-order valence-electron chi connectivity index (χ3n) is 5.10. The smallest absolute Gasteiger partial charge is 0.227 e. The first-order chi connectivity index (χ1) is 13.2. The molecule has 8 nitrogen and oxygen atoms in total. The van der Waals surface area contributed by atoms with Crippen molar-refractivity contribution in [2.75, 3.05) is 19.5 Å². The van der Waals surface area contributed by atoms with Crippen molar-refractivity contribution in [2.45, 2.75) is 32.1 Å². The third-order valence-corrected chi connectivity index (χ3v) is 5.10. The Morgan fingerprint density at radius 1 is 1.15 bits per heavy atom. The van der Waals surface area contributed by atoms with Crippen molar-refractivity contribution >= 4 is 22.6 Å². The highest BCUT2D eigenvalue weighted by Crippen LogP contribution is 2.33. The maximum atomic E-state index is 12.6. The van der Waals surface area contributed by atoms with Crippen molar-refractivity contribution < 1.29 is 14.3 Å². The fourth-order valence-corrected chi connectivity index (χ4v) is 3.62. The maximum Gasteiger partial charge on any atom is 0.227 e. The highest BCUT2D eigenvalue weighted by Gasteiger charge is 2.23. The lowest BCUT2D eigenvalue weighted by Crippen LogP contribution is -2.24. The van der Waals surface area contributed by atoms with E-state index >= 15 is 0 Å². The van der Waals surface area contributed by atoms with Crippen molar-refractivity contribution in [1.29, 1.82) is 0 Å². The zero-order valence-electron chi connectivity index (χ0n) is 15.5. The molecule has 0 bridgehead atoms. The van der Waals surface area contributed by atoms with Gasteiger partial charge >= 0.3 is 0 Å². The highest BCUT2D eigenvalue weighted by atomic mass is 16.5. The predicted molar refractivity (Wildman–Crippen MR) is 102 cm³/mol. The number of imidazole rings is 1. The monoisotopic (exact) mass is 369 g/mol. The average Bonchev–Trinajstić information content (AvgIpc) is 3.33. The summed E-state index contributed by atoms with van der Waals surface area (Å²) in [7, 11) is 3.18. The van der Waals surface area contributed by atoms with Crippen LogP contribution in [0, 0.1) is 5.92 Å². The number of nitrogens with zero attached hydrogens (tertiary/aromatic N) is 2. The Bertz CT molecular complexity index is 915. The summed E-state index contributed by atoms with van der Waals surface area (Å²) in [4.78, 5) is 20.4. The molecule has 1 aromatic carbocycles. The molecule has 1 aliphatic rings. The Hall–Kier alpha value is -3.03. The summed E-state index contributed by atoms with van der Waals surface area (Å²) < 4.78 is 10.7. The van der Waals surface area contributed by atoms with Gasteiger partial charge in [-0.05, 0) is 12.8 Å². The number of amides is 1. The van der Waals surface area contributed by atoms with Gasteiger partial charge in [-0.25, -0.2) is 4.98 Å². The number of fused-ring (bicyclic) bond motifs is 1. The summed E-state index contributed by atoms with van der Waals surface area (Å²) in [6.07, 6.45) is 6.96. The number of aromatic amines is 2. The second-order valence-electron chi connectivity index (χ2n) is 6.79. The van der Waals surface area contributed by atoms with E-state index in [-0.39, 0.29) is 11.8 Å². The third kappa shape index (κ3) is 3.34. The Morgan fingerprint density at radius 3 is 2.63 bits per heavy atom. The number of H-pyrrole nitrogens is 2. The van der Waals surface area contributed by atoms with E-state index in [4.69, 9.17) is 9.47 Å². The minimum atomic E-state index is 0.0526. The Balaban J connectivity index is 1.62. The van der Waals surface area contributed by atoms with Gasteiger partial charge < -0.3 is 19.8 Å². The van der Waals surface area contributed by atoms with Crippen LogP contribution in [0.3, 0.4) is 0 Å². The van der Waals surface area contributed by atoms with Crippen molar-refractivity contribution in [3.8, 4) is 23.0 Å². The van der Waals surface area contributed by atoms with Crippen LogP contribution in [0.5, 0.6) is 11.5 Å². The predicted octanol–water partition coefficient (Wildman–Crippen LogP) is 3.49. The molecular weight excluding hydrogens is 346 g/mol. The summed E-state index contributed by atoms with van der Waals surface area (Å²) in [5.74, 6) is 1.95. The molecule has 2 aromatic heterocycles. The minimum Gasteiger partial charge on any atom is -0.493 e. The standard InChI is InChI=1S/C19H23N5O3/c1-26-15-8-12-13(9-16(15)27-2)22-18(21-12)17-14(10-20-24-17)23-19(25)11-6-4-3-5-7-11/h8-11H,3-7H2,1-2H3,(H,20,24)(H,21,22)(H,23,25). The zero-order valence-corrected chi connectivity index (χ0v) is 15.5. The van der Waals surface area contributed by atoms with Gasteiger partial charge in [-0.1, -0.05) is 19.3 Å². The molecule has 0 spiro atoms. The number of rotatable bonds is 5. The van der Waals surface area contributed by atoms with Crippen LogP contribution < -0.4 is 14.8 Å². The number of hydrogen-bond acceptors (Lipinski definition) is 5. The second kappa shape index (κ2) is 7.30. The number of aromatic nitrogens is 4. The number of carbonyl (C=O) groups excluding carboxylic acids is 1. The van der Waals surface area contributed by atoms with Crippen molar-refractivity contribution in [3.63, 3.8) is 0 Å². The molecule has 3 aromatic rings. The summed E-state index contributed by atoms with van der Waals surface area (Å²) in [5, 5.41) is 10.0. The molecule has 8 heteroatoms. The molecule has 2 heterocycles. The molecular formula is C19H23N5O3. The first-order valence-electron chi connectivity index (χ1n) is 9.16. The van der Waals surface area contributed by atoms with Gasteiger partial charge in [-0.2, -0.15) is 5.10 Å². The Kier molecular flexibility index (Phi) is 4.70. The number of carbonyl (C=O) groups is 1. The van der Waals surface area contributed by atoms with Crippen LogP contribution in [0.2, 0.25) is 0 Å². The first-order valence-corrected chi connectivity index (χ1v) is 9.16. The number of ether oxygens (including phenoxy) is 2. The fraction of sp³-hybridized carbons (Fsp3) is 0.421. The van der Waals surface area contributed by atoms with Crippen LogP contribution in [-0.2, 0) is 4.79 Å². The molecule has 1 amide bonds. The van der Waals surface area contributed by atoms with E-state index in [0.717, 1.165) is 36.7 Å². The van der Waals surface area contributed by atoms with Crippen molar-refractivity contribution in [1.82, 2.24) is 20.2 Å². The number of hydrogen-bond donors (Lipinski definition) is 3. The van der Waals surface area contributed by atoms with E-state index in [9.17, 15) is 4.79 Å². The lowest BCUT2D eigenvalue weighted by atomic mass is 9.88. The minimum absolute atomic E-state index is 0.0526. The van der Waals surface area contributed by atoms with Gasteiger partial charge in [-0.15, -0.1) is 0 Å². The van der Waals surface area contributed by atoms with Crippen LogP contribution in [0.25, 0.3) is 22.6 Å². The SMILES string of the molecule is COc1cc2nc(-c3[nH]ncc3NC(=O)C3CCCCC3)[nH]c2cc1OC. The summed E-state index contributed by atoms with van der Waals surface area (Å²) in [6.45, 7) is 0. The molecule has 1 saturated carbocycles. The van der Waals surface area contributed by atoms with E-state index in [2.05, 4.69) is 25.5 Å². The van der Waals surface area contributed by atoms with Crippen LogP contribution >= 0.6 is 0 Å². The molecule has 4 rings (SSSR count). The molecule has 1 aliphatic carbocycles. The number of benzene rings is 1. The van der Waals surface area contributed by atoms with Crippen molar-refractivity contribution in [3.05, 3.63) is 18.3 Å². The summed E-state index contributed by atoms with van der Waals surface area (Å²) >= 11 is 0. The van der Waals surface area contributed by atoms with Crippen LogP contribution in [0.15, 0.2) is 18.3 Å². The van der Waals surface area contributed by atoms with Gasteiger partial charge in [0, 0.05) is 18.1 Å².